The summed E-state index contributed by atoms with van der Waals surface area (Å²) >= 11 is 12.6. The van der Waals surface area contributed by atoms with Gasteiger partial charge in [0.15, 0.2) is 11.7 Å². The predicted octanol–water partition coefficient (Wildman–Crippen LogP) is 3.58. The molecule has 1 heterocycles. The van der Waals surface area contributed by atoms with Crippen molar-refractivity contribution in [2.24, 2.45) is 0 Å². The van der Waals surface area contributed by atoms with E-state index in [0.717, 1.165) is 15.6 Å². The zero-order chi connectivity index (χ0) is 20.1. The Morgan fingerprint density at radius 1 is 1.11 bits per heavy atom. The highest BCUT2D eigenvalue weighted by Gasteiger charge is 2.18. The molecule has 144 valence electrons. The molecule has 2 amide bonds. The lowest BCUT2D eigenvalue weighted by Crippen LogP contribution is -2.49. The van der Waals surface area contributed by atoms with Gasteiger partial charge in [0.2, 0.25) is 0 Å². The summed E-state index contributed by atoms with van der Waals surface area (Å²) < 4.78 is 6.26. The van der Waals surface area contributed by atoms with Gasteiger partial charge < -0.3 is 4.74 Å². The van der Waals surface area contributed by atoms with Gasteiger partial charge in [0.25, 0.3) is 11.8 Å². The molecule has 0 unspecified atom stereocenters. The van der Waals surface area contributed by atoms with E-state index < -0.39 is 11.8 Å². The second-order valence-electron chi connectivity index (χ2n) is 5.80. The topological polar surface area (TPSA) is 79.5 Å². The van der Waals surface area contributed by atoms with Crippen LogP contribution in [0.3, 0.4) is 0 Å². The van der Waals surface area contributed by atoms with Gasteiger partial charge in [-0.2, -0.15) is 0 Å². The fourth-order valence-electron chi connectivity index (χ4n) is 2.30. The maximum Gasteiger partial charge on any atom is 0.276 e. The number of ether oxygens (including phenoxy) is 1. The summed E-state index contributed by atoms with van der Waals surface area (Å²) in [4.78, 5) is 24.6. The van der Waals surface area contributed by atoms with Crippen molar-refractivity contribution in [1.82, 2.24) is 16.2 Å². The van der Waals surface area contributed by atoms with E-state index in [-0.39, 0.29) is 11.7 Å². The van der Waals surface area contributed by atoms with Gasteiger partial charge in [-0.25, -0.2) is 0 Å². The van der Waals surface area contributed by atoms with Crippen LogP contribution in [0, 0.1) is 6.92 Å². The summed E-state index contributed by atoms with van der Waals surface area (Å²) in [5.41, 5.74) is 5.92. The van der Waals surface area contributed by atoms with Gasteiger partial charge in [0.05, 0.1) is 5.02 Å². The molecule has 6 nitrogen and oxygen atoms in total. The molecule has 0 bridgehead atoms. The van der Waals surface area contributed by atoms with Crippen molar-refractivity contribution in [3.63, 3.8) is 0 Å². The smallest absolute Gasteiger partial charge is 0.276 e. The van der Waals surface area contributed by atoms with Crippen LogP contribution in [-0.4, -0.2) is 23.5 Å². The molecule has 0 fully saturated rings. The van der Waals surface area contributed by atoms with E-state index in [2.05, 4.69) is 16.2 Å². The minimum absolute atomic E-state index is 0.0535. The van der Waals surface area contributed by atoms with Crippen LogP contribution in [0.15, 0.2) is 48.5 Å². The molecule has 0 aliphatic rings. The lowest BCUT2D eigenvalue weighted by Gasteiger charge is -2.11. The lowest BCUT2D eigenvalue weighted by atomic mass is 10.2. The van der Waals surface area contributed by atoms with Crippen molar-refractivity contribution in [3.05, 3.63) is 64.0 Å². The van der Waals surface area contributed by atoms with Crippen molar-refractivity contribution >= 4 is 62.2 Å². The van der Waals surface area contributed by atoms with Crippen LogP contribution in [0.25, 0.3) is 10.1 Å². The van der Waals surface area contributed by atoms with Gasteiger partial charge in [-0.15, -0.1) is 11.3 Å². The molecule has 9 heteroatoms. The van der Waals surface area contributed by atoms with Crippen LogP contribution in [0.1, 0.15) is 15.2 Å². The standard InChI is InChI=1S/C19H16ClN3O3S2/c1-11-6-8-12(9-7-11)26-10-15(24)22-23-19(27)21-18(25)17-16(20)13-4-2-3-5-14(13)28-17/h2-9H,10H2,1H3,(H,22,24)(H2,21,23,25,27). The Labute approximate surface area is 175 Å². The number of amides is 2. The summed E-state index contributed by atoms with van der Waals surface area (Å²) in [6, 6.07) is 14.8. The fourth-order valence-corrected chi connectivity index (χ4v) is 3.85. The average molecular weight is 434 g/mol. The van der Waals surface area contributed by atoms with E-state index in [9.17, 15) is 9.59 Å². The number of aryl methyl sites for hydroxylation is 1. The summed E-state index contributed by atoms with van der Waals surface area (Å²) in [5, 5.41) is 3.61. The first kappa shape index (κ1) is 20.1. The van der Waals surface area contributed by atoms with Crippen LogP contribution in [0.5, 0.6) is 5.75 Å². The predicted molar refractivity (Wildman–Crippen MR) is 115 cm³/mol. The third-order valence-electron chi connectivity index (χ3n) is 3.67. The zero-order valence-electron chi connectivity index (χ0n) is 14.7. The van der Waals surface area contributed by atoms with Crippen molar-refractivity contribution in [2.45, 2.75) is 6.92 Å². The number of thiophene rings is 1. The number of rotatable bonds is 4. The monoisotopic (exact) mass is 433 g/mol. The van der Waals surface area contributed by atoms with Gasteiger partial charge in [0, 0.05) is 10.1 Å². The van der Waals surface area contributed by atoms with Crippen LogP contribution in [-0.2, 0) is 4.79 Å². The zero-order valence-corrected chi connectivity index (χ0v) is 17.1. The van der Waals surface area contributed by atoms with E-state index in [0.29, 0.717) is 15.6 Å². The minimum Gasteiger partial charge on any atom is -0.484 e. The second kappa shape index (κ2) is 9.01. The molecule has 2 aromatic carbocycles. The number of benzene rings is 2. The molecule has 3 N–H and O–H groups in total. The van der Waals surface area contributed by atoms with Crippen LogP contribution >= 0.6 is 35.2 Å². The third kappa shape index (κ3) is 4.98. The number of thiocarbonyl (C=S) groups is 1. The Morgan fingerprint density at radius 3 is 2.54 bits per heavy atom. The van der Waals surface area contributed by atoms with E-state index in [1.807, 2.05) is 43.3 Å². The largest absolute Gasteiger partial charge is 0.484 e. The summed E-state index contributed by atoms with van der Waals surface area (Å²) in [6.45, 7) is 1.76. The number of hydrazine groups is 1. The Hall–Kier alpha value is -2.68. The van der Waals surface area contributed by atoms with Gasteiger partial charge in [-0.3, -0.25) is 25.8 Å². The molecular weight excluding hydrogens is 418 g/mol. The molecule has 0 saturated carbocycles. The normalized spacial score (nSPS) is 10.4. The SMILES string of the molecule is Cc1ccc(OCC(=O)NNC(=S)NC(=O)c2sc3ccccc3c2Cl)cc1. The summed E-state index contributed by atoms with van der Waals surface area (Å²) in [7, 11) is 0. The van der Waals surface area contributed by atoms with E-state index >= 15 is 0 Å². The van der Waals surface area contributed by atoms with E-state index in [4.69, 9.17) is 28.6 Å². The summed E-state index contributed by atoms with van der Waals surface area (Å²) in [5.74, 6) is -0.318. The van der Waals surface area contributed by atoms with Crippen molar-refractivity contribution in [2.75, 3.05) is 6.61 Å². The molecule has 0 radical (unpaired) electrons. The highest BCUT2D eigenvalue weighted by Crippen LogP contribution is 2.34. The van der Waals surface area contributed by atoms with Crippen molar-refractivity contribution in [3.8, 4) is 5.75 Å². The van der Waals surface area contributed by atoms with Gasteiger partial charge >= 0.3 is 0 Å². The van der Waals surface area contributed by atoms with E-state index in [1.165, 1.54) is 11.3 Å². The van der Waals surface area contributed by atoms with E-state index in [1.54, 1.807) is 12.1 Å². The number of nitrogens with one attached hydrogen (secondary N) is 3. The fraction of sp³-hybridized carbons (Fsp3) is 0.105. The Morgan fingerprint density at radius 2 is 1.82 bits per heavy atom. The Bertz CT molecular complexity index is 1030. The number of halogens is 1. The molecule has 3 rings (SSSR count). The quantitative estimate of drug-likeness (QED) is 0.433. The average Bonchev–Trinajstić information content (AvgIpc) is 3.03. The van der Waals surface area contributed by atoms with Gasteiger partial charge in [-0.05, 0) is 37.3 Å². The molecule has 1 aromatic heterocycles. The maximum atomic E-state index is 12.4. The maximum absolute atomic E-state index is 12.4. The first-order valence-corrected chi connectivity index (χ1v) is 9.81. The molecular formula is C19H16ClN3O3S2. The van der Waals surface area contributed by atoms with Crippen molar-refractivity contribution < 1.29 is 14.3 Å². The summed E-state index contributed by atoms with van der Waals surface area (Å²) in [6.07, 6.45) is 0. The molecule has 3 aromatic rings. The number of hydrogen-bond acceptors (Lipinski definition) is 5. The lowest BCUT2D eigenvalue weighted by molar-refractivity contribution is -0.123. The first-order valence-electron chi connectivity index (χ1n) is 8.20. The number of carbonyl (C=O) groups excluding carboxylic acids is 2. The molecule has 0 saturated heterocycles. The molecule has 0 aliphatic carbocycles. The van der Waals surface area contributed by atoms with Crippen LogP contribution in [0.2, 0.25) is 5.02 Å². The first-order chi connectivity index (χ1) is 13.4. The molecule has 28 heavy (non-hydrogen) atoms. The molecule has 0 atom stereocenters. The van der Waals surface area contributed by atoms with Crippen LogP contribution in [0.4, 0.5) is 0 Å². The highest BCUT2D eigenvalue weighted by molar-refractivity contribution is 7.80. The van der Waals surface area contributed by atoms with Crippen LogP contribution < -0.4 is 20.9 Å². The molecule has 0 spiro atoms. The minimum atomic E-state index is -0.450. The number of carbonyl (C=O) groups is 2. The van der Waals surface area contributed by atoms with Crippen molar-refractivity contribution in [1.29, 1.82) is 0 Å². The molecule has 0 aliphatic heterocycles. The second-order valence-corrected chi connectivity index (χ2v) is 7.64. The van der Waals surface area contributed by atoms with Gasteiger partial charge in [-0.1, -0.05) is 47.5 Å². The van der Waals surface area contributed by atoms with Gasteiger partial charge in [0.1, 0.15) is 10.6 Å². The number of fused-ring (bicyclic) bond motifs is 1. The number of hydrogen-bond donors (Lipinski definition) is 3. The highest BCUT2D eigenvalue weighted by atomic mass is 35.5. The Balaban J connectivity index is 1.48. The Kier molecular flexibility index (Phi) is 6.45. The third-order valence-corrected chi connectivity index (χ3v) is 5.55.